The van der Waals surface area contributed by atoms with E-state index in [4.69, 9.17) is 4.74 Å². The molecular formula is C15H22N4O2S. The molecule has 6 nitrogen and oxygen atoms in total. The number of amides is 1. The number of fused-ring (bicyclic) bond motifs is 1. The van der Waals surface area contributed by atoms with Crippen LogP contribution in [0.4, 0.5) is 0 Å². The monoisotopic (exact) mass is 322 g/mol. The van der Waals surface area contributed by atoms with Gasteiger partial charge in [-0.15, -0.1) is 11.3 Å². The second-order valence-corrected chi connectivity index (χ2v) is 7.06. The van der Waals surface area contributed by atoms with E-state index in [0.717, 1.165) is 23.7 Å². The highest BCUT2D eigenvalue weighted by Gasteiger charge is 2.40. The number of morpholine rings is 1. The predicted octanol–water partition coefficient (Wildman–Crippen LogP) is 1.38. The molecule has 3 rings (SSSR count). The van der Waals surface area contributed by atoms with Gasteiger partial charge >= 0.3 is 0 Å². The van der Waals surface area contributed by atoms with Crippen molar-refractivity contribution in [1.29, 1.82) is 0 Å². The second-order valence-electron chi connectivity index (χ2n) is 6.19. The van der Waals surface area contributed by atoms with Gasteiger partial charge in [0.05, 0.1) is 18.0 Å². The maximum absolute atomic E-state index is 12.4. The first-order valence-corrected chi connectivity index (χ1v) is 8.28. The van der Waals surface area contributed by atoms with Crippen LogP contribution in [0.2, 0.25) is 0 Å². The van der Waals surface area contributed by atoms with Crippen molar-refractivity contribution >= 4 is 22.2 Å². The van der Waals surface area contributed by atoms with E-state index in [1.54, 1.807) is 30.3 Å². The minimum Gasteiger partial charge on any atom is -0.363 e. The van der Waals surface area contributed by atoms with Crippen LogP contribution in [0.15, 0.2) is 11.6 Å². The summed E-state index contributed by atoms with van der Waals surface area (Å²) in [7, 11) is 3.54. The summed E-state index contributed by atoms with van der Waals surface area (Å²) < 4.78 is 7.93. The molecular weight excluding hydrogens is 300 g/mol. The Bertz CT molecular complexity index is 693. The molecule has 1 saturated heterocycles. The van der Waals surface area contributed by atoms with Crippen LogP contribution in [-0.4, -0.2) is 64.5 Å². The largest absolute Gasteiger partial charge is 0.363 e. The van der Waals surface area contributed by atoms with E-state index >= 15 is 0 Å². The maximum Gasteiger partial charge on any atom is 0.255 e. The summed E-state index contributed by atoms with van der Waals surface area (Å²) in [6.45, 7) is 6.70. The molecule has 0 saturated carbocycles. The van der Waals surface area contributed by atoms with Crippen molar-refractivity contribution in [3.05, 3.63) is 23.0 Å². The Hall–Kier alpha value is -1.44. The van der Waals surface area contributed by atoms with Gasteiger partial charge in [0.15, 0.2) is 10.6 Å². The van der Waals surface area contributed by atoms with Crippen molar-refractivity contribution < 1.29 is 9.53 Å². The third kappa shape index (κ3) is 2.64. The van der Waals surface area contributed by atoms with Crippen molar-refractivity contribution in [3.63, 3.8) is 0 Å². The fourth-order valence-electron chi connectivity index (χ4n) is 3.03. The summed E-state index contributed by atoms with van der Waals surface area (Å²) in [5.74, 6) is 0.0166. The van der Waals surface area contributed by atoms with Crippen molar-refractivity contribution in [1.82, 2.24) is 19.2 Å². The van der Waals surface area contributed by atoms with Gasteiger partial charge in [-0.05, 0) is 13.8 Å². The first-order valence-electron chi connectivity index (χ1n) is 7.40. The number of rotatable bonds is 3. The van der Waals surface area contributed by atoms with Crippen LogP contribution in [0, 0.1) is 6.92 Å². The number of carbonyl (C=O) groups excluding carboxylic acids is 1. The highest BCUT2D eigenvalue weighted by molar-refractivity contribution is 7.15. The molecule has 22 heavy (non-hydrogen) atoms. The molecule has 0 bridgehead atoms. The van der Waals surface area contributed by atoms with Crippen LogP contribution >= 0.6 is 11.3 Å². The van der Waals surface area contributed by atoms with Crippen molar-refractivity contribution in [2.45, 2.75) is 26.0 Å². The average molecular weight is 322 g/mol. The van der Waals surface area contributed by atoms with Crippen LogP contribution in [0.1, 0.15) is 18.3 Å². The molecule has 1 amide bonds. The molecule has 0 spiro atoms. The van der Waals surface area contributed by atoms with Gasteiger partial charge in [-0.25, -0.2) is 4.98 Å². The second kappa shape index (κ2) is 5.64. The minimum atomic E-state index is -0.770. The first kappa shape index (κ1) is 15.5. The van der Waals surface area contributed by atoms with Gasteiger partial charge in [0, 0.05) is 45.3 Å². The number of ether oxygens (including phenoxy) is 1. The van der Waals surface area contributed by atoms with Crippen LogP contribution < -0.4 is 0 Å². The molecule has 1 unspecified atom stereocenters. The Morgan fingerprint density at radius 2 is 2.32 bits per heavy atom. The number of nitrogens with zero attached hydrogens (tertiary/aromatic N) is 4. The molecule has 120 valence electrons. The number of thiazole rings is 1. The maximum atomic E-state index is 12.4. The van der Waals surface area contributed by atoms with E-state index in [0.29, 0.717) is 13.2 Å². The van der Waals surface area contributed by atoms with Crippen LogP contribution in [0.25, 0.3) is 4.96 Å². The van der Waals surface area contributed by atoms with Gasteiger partial charge in [0.25, 0.3) is 5.91 Å². The fourth-order valence-corrected chi connectivity index (χ4v) is 3.81. The minimum absolute atomic E-state index is 0.0166. The third-order valence-corrected chi connectivity index (χ3v) is 4.90. The number of imidazole rings is 1. The molecule has 1 fully saturated rings. The third-order valence-electron chi connectivity index (χ3n) is 4.15. The number of carbonyl (C=O) groups is 1. The zero-order valence-corrected chi connectivity index (χ0v) is 14.3. The highest BCUT2D eigenvalue weighted by atomic mass is 32.1. The van der Waals surface area contributed by atoms with Crippen LogP contribution in [0.3, 0.4) is 0 Å². The fraction of sp³-hybridized carbons (Fsp3) is 0.600. The molecule has 0 radical (unpaired) electrons. The number of aryl methyl sites for hydroxylation is 1. The summed E-state index contributed by atoms with van der Waals surface area (Å²) in [6.07, 6.45) is 2.06. The van der Waals surface area contributed by atoms with Gasteiger partial charge < -0.3 is 9.64 Å². The van der Waals surface area contributed by atoms with E-state index in [1.807, 2.05) is 19.2 Å². The van der Waals surface area contributed by atoms with Crippen LogP contribution in [-0.2, 0) is 16.1 Å². The summed E-state index contributed by atoms with van der Waals surface area (Å²) in [5.41, 5.74) is 1.48. The Balaban J connectivity index is 1.79. The molecule has 1 aliphatic heterocycles. The topological polar surface area (TPSA) is 50.1 Å². The summed E-state index contributed by atoms with van der Waals surface area (Å²) in [6, 6.07) is 0. The quantitative estimate of drug-likeness (QED) is 0.857. The zero-order chi connectivity index (χ0) is 15.9. The smallest absolute Gasteiger partial charge is 0.255 e. The van der Waals surface area contributed by atoms with E-state index in [1.165, 1.54) is 5.69 Å². The highest BCUT2D eigenvalue weighted by Crippen LogP contribution is 2.23. The molecule has 7 heteroatoms. The lowest BCUT2D eigenvalue weighted by Gasteiger charge is -2.40. The Morgan fingerprint density at radius 1 is 1.55 bits per heavy atom. The molecule has 0 N–H and O–H groups in total. The van der Waals surface area contributed by atoms with Crippen molar-refractivity contribution in [3.8, 4) is 0 Å². The zero-order valence-electron chi connectivity index (χ0n) is 13.5. The summed E-state index contributed by atoms with van der Waals surface area (Å²) in [5, 5.41) is 2.05. The van der Waals surface area contributed by atoms with Crippen molar-refractivity contribution in [2.24, 2.45) is 0 Å². The molecule has 0 aliphatic carbocycles. The molecule has 3 heterocycles. The lowest BCUT2D eigenvalue weighted by Crippen LogP contribution is -2.57. The summed E-state index contributed by atoms with van der Waals surface area (Å²) in [4.78, 5) is 21.9. The van der Waals surface area contributed by atoms with E-state index in [9.17, 15) is 4.79 Å². The molecule has 1 atom stereocenters. The average Bonchev–Trinajstić information content (AvgIpc) is 3.01. The first-order chi connectivity index (χ1) is 10.4. The lowest BCUT2D eigenvalue weighted by atomic mass is 10.0. The Kier molecular flexibility index (Phi) is 3.96. The van der Waals surface area contributed by atoms with Gasteiger partial charge in [-0.3, -0.25) is 14.1 Å². The summed E-state index contributed by atoms with van der Waals surface area (Å²) >= 11 is 1.64. The molecule has 2 aromatic heterocycles. The SMILES string of the molecule is Cc1nc2sccn2c1CN1CCOC(C)(C(=O)N(C)C)C1. The number of aromatic nitrogens is 2. The number of hydrogen-bond acceptors (Lipinski definition) is 5. The Labute approximate surface area is 134 Å². The number of likely N-dealkylation sites (N-methyl/N-ethyl adjacent to an activating group) is 1. The molecule has 0 aromatic carbocycles. The Morgan fingerprint density at radius 3 is 3.05 bits per heavy atom. The predicted molar refractivity (Wildman–Crippen MR) is 86.1 cm³/mol. The molecule has 2 aromatic rings. The van der Waals surface area contributed by atoms with Gasteiger partial charge in [-0.2, -0.15) is 0 Å². The van der Waals surface area contributed by atoms with E-state index < -0.39 is 5.60 Å². The normalized spacial score (nSPS) is 23.1. The molecule has 1 aliphatic rings. The standard InChI is InChI=1S/C15H22N4O2S/c1-11-12(19-6-8-22-14(19)16-11)9-18-5-7-21-15(2,10-18)13(20)17(3)4/h6,8H,5,7,9-10H2,1-4H3. The lowest BCUT2D eigenvalue weighted by molar-refractivity contribution is -0.165. The number of hydrogen-bond donors (Lipinski definition) is 0. The van der Waals surface area contributed by atoms with Crippen LogP contribution in [0.5, 0.6) is 0 Å². The van der Waals surface area contributed by atoms with E-state index in [2.05, 4.69) is 20.5 Å². The van der Waals surface area contributed by atoms with Crippen molar-refractivity contribution in [2.75, 3.05) is 33.8 Å². The van der Waals surface area contributed by atoms with E-state index in [-0.39, 0.29) is 5.91 Å². The van der Waals surface area contributed by atoms with Gasteiger partial charge in [0.2, 0.25) is 0 Å². The van der Waals surface area contributed by atoms with Gasteiger partial charge in [-0.1, -0.05) is 0 Å². The van der Waals surface area contributed by atoms with Gasteiger partial charge in [0.1, 0.15) is 0 Å².